The van der Waals surface area contributed by atoms with Crippen LogP contribution in [0.25, 0.3) is 0 Å². The first-order valence-corrected chi connectivity index (χ1v) is 21.7. The van der Waals surface area contributed by atoms with Crippen molar-refractivity contribution in [3.8, 4) is 0 Å². The van der Waals surface area contributed by atoms with Crippen molar-refractivity contribution in [3.05, 3.63) is 34.9 Å². The van der Waals surface area contributed by atoms with E-state index in [0.717, 1.165) is 19.3 Å². The number of Topliss-reactive ketones (excluding diaryl/α,β-unsaturated/α-hetero) is 1. The number of aliphatic hydroxyl groups excluding tert-OH is 1. The fourth-order valence-electron chi connectivity index (χ4n) is 10.2. The van der Waals surface area contributed by atoms with Crippen LogP contribution in [0.3, 0.4) is 0 Å². The number of carbonyl (C=O) groups excluding carboxylic acids is 4. The van der Waals surface area contributed by atoms with Gasteiger partial charge in [0.2, 0.25) is 0 Å². The van der Waals surface area contributed by atoms with Crippen molar-refractivity contribution in [1.29, 1.82) is 0 Å². The maximum absolute atomic E-state index is 13.8. The van der Waals surface area contributed by atoms with Crippen LogP contribution in [0.1, 0.15) is 159 Å². The molecule has 0 aromatic carbocycles. The molecular formula is C46H72O10. The van der Waals surface area contributed by atoms with E-state index in [9.17, 15) is 34.5 Å². The van der Waals surface area contributed by atoms with Gasteiger partial charge in [0.1, 0.15) is 12.7 Å². The number of unbranched alkanes of at least 4 members (excludes halogenated alkanes) is 12. The highest BCUT2D eigenvalue weighted by atomic mass is 16.6. The standard InChI is InChI=1S/C46H72O10/c1-10-13-14-15-16-17-18-19-20-21-22-23-24-25-35(47)54-28-33-27-44(52)34(26-31(6)39(44)49)45(53)32(7)40(55-41(50)29(4)11-2)46(56-42(51)30(5)12-3)38(43(46,8)9)36(45)37(33)48/h11,26-27,30,32,34,36-38,40,48,52-53H,10,12-25,28H2,1-9H3/b29-11+. The summed E-state index contributed by atoms with van der Waals surface area (Å²) in [6, 6.07) is 0. The summed E-state index contributed by atoms with van der Waals surface area (Å²) in [5.74, 6) is -6.90. The molecule has 10 atom stereocenters. The third-order valence-electron chi connectivity index (χ3n) is 14.1. The normalized spacial score (nSPS) is 33.6. The van der Waals surface area contributed by atoms with Crippen LogP contribution in [0, 0.1) is 35.0 Å². The fourth-order valence-corrected chi connectivity index (χ4v) is 10.2. The van der Waals surface area contributed by atoms with Gasteiger partial charge in [0.25, 0.3) is 0 Å². The summed E-state index contributed by atoms with van der Waals surface area (Å²) in [4.78, 5) is 53.9. The molecule has 0 aromatic heterocycles. The number of ketones is 1. The van der Waals surface area contributed by atoms with Crippen LogP contribution in [0.2, 0.25) is 0 Å². The number of allylic oxidation sites excluding steroid dienone is 1. The smallest absolute Gasteiger partial charge is 0.333 e. The Kier molecular flexibility index (Phi) is 15.4. The van der Waals surface area contributed by atoms with Gasteiger partial charge in [-0.15, -0.1) is 0 Å². The Morgan fingerprint density at radius 1 is 0.929 bits per heavy atom. The van der Waals surface area contributed by atoms with E-state index in [1.165, 1.54) is 69.9 Å². The molecule has 2 fully saturated rings. The van der Waals surface area contributed by atoms with Gasteiger partial charge < -0.3 is 29.5 Å². The van der Waals surface area contributed by atoms with Crippen LogP contribution in [0.4, 0.5) is 0 Å². The Balaban J connectivity index is 1.53. The molecule has 4 aliphatic rings. The molecule has 0 bridgehead atoms. The number of rotatable bonds is 21. The molecule has 10 heteroatoms. The van der Waals surface area contributed by atoms with Crippen molar-refractivity contribution >= 4 is 23.7 Å². The predicted octanol–water partition coefficient (Wildman–Crippen LogP) is 8.05. The van der Waals surface area contributed by atoms with E-state index in [1.807, 2.05) is 20.8 Å². The lowest BCUT2D eigenvalue weighted by Crippen LogP contribution is -2.68. The summed E-state index contributed by atoms with van der Waals surface area (Å²) in [5, 5.41) is 37.8. The molecule has 0 amide bonds. The lowest BCUT2D eigenvalue weighted by Gasteiger charge is -2.54. The van der Waals surface area contributed by atoms with E-state index in [2.05, 4.69) is 6.92 Å². The lowest BCUT2D eigenvalue weighted by molar-refractivity contribution is -0.240. The van der Waals surface area contributed by atoms with Crippen LogP contribution in [-0.2, 0) is 33.4 Å². The van der Waals surface area contributed by atoms with E-state index in [0.29, 0.717) is 18.4 Å². The van der Waals surface area contributed by atoms with Gasteiger partial charge in [-0.1, -0.05) is 131 Å². The summed E-state index contributed by atoms with van der Waals surface area (Å²) < 4.78 is 18.3. The molecule has 4 rings (SSSR count). The van der Waals surface area contributed by atoms with Crippen molar-refractivity contribution in [1.82, 2.24) is 0 Å². The highest BCUT2D eigenvalue weighted by Crippen LogP contribution is 2.77. The number of esters is 3. The summed E-state index contributed by atoms with van der Waals surface area (Å²) in [5.41, 5.74) is -6.07. The molecular weight excluding hydrogens is 712 g/mol. The van der Waals surface area contributed by atoms with Gasteiger partial charge in [-0.05, 0) is 50.8 Å². The van der Waals surface area contributed by atoms with Gasteiger partial charge in [0, 0.05) is 41.1 Å². The highest BCUT2D eigenvalue weighted by Gasteiger charge is 2.89. The molecule has 0 aromatic rings. The monoisotopic (exact) mass is 785 g/mol. The van der Waals surface area contributed by atoms with Crippen LogP contribution in [0.15, 0.2) is 34.9 Å². The van der Waals surface area contributed by atoms with Gasteiger partial charge in [0.05, 0.1) is 17.6 Å². The molecule has 4 aliphatic carbocycles. The molecule has 3 N–H and O–H groups in total. The third kappa shape index (κ3) is 8.63. The minimum absolute atomic E-state index is 0.0887. The molecule has 2 saturated carbocycles. The third-order valence-corrected chi connectivity index (χ3v) is 14.1. The van der Waals surface area contributed by atoms with Crippen molar-refractivity contribution in [3.63, 3.8) is 0 Å². The molecule has 316 valence electrons. The topological polar surface area (TPSA) is 157 Å². The second-order valence-electron chi connectivity index (χ2n) is 18.0. The summed E-state index contributed by atoms with van der Waals surface area (Å²) in [7, 11) is 0. The van der Waals surface area contributed by atoms with Crippen LogP contribution in [-0.4, -0.2) is 74.6 Å². The molecule has 0 saturated heterocycles. The van der Waals surface area contributed by atoms with Gasteiger partial charge in [0.15, 0.2) is 17.0 Å². The Morgan fingerprint density at radius 2 is 1.48 bits per heavy atom. The number of aliphatic hydroxyl groups is 3. The van der Waals surface area contributed by atoms with Crippen LogP contribution in [0.5, 0.6) is 0 Å². The Morgan fingerprint density at radius 3 is 2.02 bits per heavy atom. The zero-order valence-corrected chi connectivity index (χ0v) is 35.8. The van der Waals surface area contributed by atoms with Gasteiger partial charge in [-0.25, -0.2) is 4.79 Å². The van der Waals surface area contributed by atoms with E-state index in [-0.39, 0.29) is 17.6 Å². The molecule has 10 unspecified atom stereocenters. The Labute approximate surface area is 335 Å². The van der Waals surface area contributed by atoms with Crippen molar-refractivity contribution in [2.75, 3.05) is 6.61 Å². The minimum atomic E-state index is -2.28. The largest absolute Gasteiger partial charge is 0.461 e. The first kappa shape index (κ1) is 45.9. The first-order valence-electron chi connectivity index (χ1n) is 21.7. The molecule has 0 heterocycles. The molecule has 56 heavy (non-hydrogen) atoms. The quantitative estimate of drug-likeness (QED) is 0.0342. The van der Waals surface area contributed by atoms with Gasteiger partial charge >= 0.3 is 17.9 Å². The second-order valence-corrected chi connectivity index (χ2v) is 18.0. The van der Waals surface area contributed by atoms with Crippen LogP contribution >= 0.6 is 0 Å². The molecule has 10 nitrogen and oxygen atoms in total. The number of carbonyl (C=O) groups is 4. The Bertz CT molecular complexity index is 1520. The van der Waals surface area contributed by atoms with Crippen molar-refractivity contribution < 1.29 is 48.7 Å². The van der Waals surface area contributed by atoms with E-state index in [1.54, 1.807) is 40.7 Å². The first-order chi connectivity index (χ1) is 26.4. The molecule has 0 radical (unpaired) electrons. The number of fused-ring (bicyclic) bond motifs is 5. The molecule has 0 aliphatic heterocycles. The summed E-state index contributed by atoms with van der Waals surface area (Å²) in [6.07, 6.45) is 17.8. The SMILES string of the molecule is C/C=C(\C)C(=O)OC1C(C)C2(O)C(C(O)C(COC(=O)CCCCCCCCCCCCCCC)=CC3(O)C(=O)C(C)=CC32)C2C(C)(C)C12OC(=O)C(C)CC. The number of ether oxygens (including phenoxy) is 3. The van der Waals surface area contributed by atoms with E-state index in [4.69, 9.17) is 14.2 Å². The zero-order chi connectivity index (χ0) is 41.6. The number of hydrogen-bond acceptors (Lipinski definition) is 10. The summed E-state index contributed by atoms with van der Waals surface area (Å²) in [6.45, 7) is 15.7. The average Bonchev–Trinajstić information content (AvgIpc) is 3.57. The predicted molar refractivity (Wildman–Crippen MR) is 215 cm³/mol. The second kappa shape index (κ2) is 18.8. The van der Waals surface area contributed by atoms with Gasteiger partial charge in [-0.3, -0.25) is 14.4 Å². The lowest BCUT2D eigenvalue weighted by atomic mass is 9.58. The highest BCUT2D eigenvalue weighted by molar-refractivity contribution is 6.06. The Hall–Kier alpha value is -2.82. The minimum Gasteiger partial charge on any atom is -0.461 e. The zero-order valence-electron chi connectivity index (χ0n) is 35.8. The molecule has 0 spiro atoms. The van der Waals surface area contributed by atoms with Gasteiger partial charge in [-0.2, -0.15) is 0 Å². The fraction of sp³-hybridized carbons (Fsp3) is 0.783. The van der Waals surface area contributed by atoms with E-state index < -0.39 is 94.3 Å². The van der Waals surface area contributed by atoms with Crippen molar-refractivity contribution in [2.24, 2.45) is 35.0 Å². The maximum atomic E-state index is 13.8. The average molecular weight is 785 g/mol. The van der Waals surface area contributed by atoms with E-state index >= 15 is 0 Å². The maximum Gasteiger partial charge on any atom is 0.333 e. The van der Waals surface area contributed by atoms with Crippen molar-refractivity contribution in [2.45, 2.75) is 188 Å². The number of hydrogen-bond donors (Lipinski definition) is 3. The summed E-state index contributed by atoms with van der Waals surface area (Å²) >= 11 is 0. The van der Waals surface area contributed by atoms with Crippen LogP contribution < -0.4 is 0 Å².